The quantitative estimate of drug-likeness (QED) is 0.577. The fourth-order valence-corrected chi connectivity index (χ4v) is 2.00. The fourth-order valence-electron chi connectivity index (χ4n) is 2.00. The fraction of sp³-hybridized carbons (Fsp3) is 0.158. The molecule has 0 amide bonds. The van der Waals surface area contributed by atoms with Crippen LogP contribution in [0.4, 0.5) is 0 Å². The number of aliphatic hydroxyl groups excluding tert-OH is 1. The van der Waals surface area contributed by atoms with Gasteiger partial charge in [-0.1, -0.05) is 61.7 Å². The molecule has 0 bridgehead atoms. The molecular weight excluding hydrogens is 274 g/mol. The molecule has 114 valence electrons. The SMILES string of the molecule is C=Cc1ccc(OCNCC(O)c2ccc(C=C)cc2)cc1. The summed E-state index contributed by atoms with van der Waals surface area (Å²) in [5.41, 5.74) is 2.96. The van der Waals surface area contributed by atoms with Crippen LogP contribution in [0.2, 0.25) is 0 Å². The predicted octanol–water partition coefficient (Wildman–Crippen LogP) is 3.63. The van der Waals surface area contributed by atoms with E-state index in [1.54, 1.807) is 12.2 Å². The van der Waals surface area contributed by atoms with Gasteiger partial charge in [-0.2, -0.15) is 0 Å². The lowest BCUT2D eigenvalue weighted by atomic mass is 10.1. The lowest BCUT2D eigenvalue weighted by molar-refractivity contribution is 0.160. The minimum Gasteiger partial charge on any atom is -0.478 e. The van der Waals surface area contributed by atoms with Crippen molar-refractivity contribution >= 4 is 12.2 Å². The third-order valence-electron chi connectivity index (χ3n) is 3.35. The van der Waals surface area contributed by atoms with Crippen molar-refractivity contribution in [3.8, 4) is 5.75 Å². The van der Waals surface area contributed by atoms with Crippen molar-refractivity contribution in [2.75, 3.05) is 13.3 Å². The number of ether oxygens (including phenoxy) is 1. The van der Waals surface area contributed by atoms with Gasteiger partial charge in [0.1, 0.15) is 12.5 Å². The molecule has 2 rings (SSSR count). The number of rotatable bonds is 8. The highest BCUT2D eigenvalue weighted by Crippen LogP contribution is 2.14. The van der Waals surface area contributed by atoms with Crippen LogP contribution in [0.15, 0.2) is 61.7 Å². The Kier molecular flexibility index (Phi) is 5.95. The van der Waals surface area contributed by atoms with Gasteiger partial charge >= 0.3 is 0 Å². The highest BCUT2D eigenvalue weighted by molar-refractivity contribution is 5.48. The first kappa shape index (κ1) is 16.0. The van der Waals surface area contributed by atoms with E-state index in [1.165, 1.54) is 0 Å². The largest absolute Gasteiger partial charge is 0.478 e. The smallest absolute Gasteiger partial charge is 0.139 e. The molecule has 2 aromatic rings. The van der Waals surface area contributed by atoms with Gasteiger partial charge in [-0.3, -0.25) is 5.32 Å². The molecule has 0 heterocycles. The molecular formula is C19H21NO2. The van der Waals surface area contributed by atoms with Crippen molar-refractivity contribution in [1.82, 2.24) is 5.32 Å². The molecule has 0 radical (unpaired) electrons. The second-order valence-corrected chi connectivity index (χ2v) is 4.90. The molecule has 2 aromatic carbocycles. The summed E-state index contributed by atoms with van der Waals surface area (Å²) in [5.74, 6) is 0.780. The summed E-state index contributed by atoms with van der Waals surface area (Å²) in [6.45, 7) is 8.19. The van der Waals surface area contributed by atoms with Gasteiger partial charge < -0.3 is 9.84 Å². The zero-order chi connectivity index (χ0) is 15.8. The van der Waals surface area contributed by atoms with E-state index in [0.29, 0.717) is 13.3 Å². The van der Waals surface area contributed by atoms with Crippen LogP contribution >= 0.6 is 0 Å². The number of nitrogens with one attached hydrogen (secondary N) is 1. The van der Waals surface area contributed by atoms with Crippen molar-refractivity contribution in [2.24, 2.45) is 0 Å². The summed E-state index contributed by atoms with van der Waals surface area (Å²) >= 11 is 0. The van der Waals surface area contributed by atoms with E-state index >= 15 is 0 Å². The minimum atomic E-state index is -0.564. The van der Waals surface area contributed by atoms with E-state index < -0.39 is 6.10 Å². The molecule has 0 aromatic heterocycles. The highest BCUT2D eigenvalue weighted by atomic mass is 16.5. The Labute approximate surface area is 131 Å². The van der Waals surface area contributed by atoms with Crippen LogP contribution in [0, 0.1) is 0 Å². The molecule has 22 heavy (non-hydrogen) atoms. The Morgan fingerprint density at radius 2 is 1.50 bits per heavy atom. The van der Waals surface area contributed by atoms with Crippen LogP contribution in [0.25, 0.3) is 12.2 Å². The Bertz CT molecular complexity index is 602. The van der Waals surface area contributed by atoms with Crippen molar-refractivity contribution in [3.63, 3.8) is 0 Å². The zero-order valence-electron chi connectivity index (χ0n) is 12.5. The second-order valence-electron chi connectivity index (χ2n) is 4.90. The highest BCUT2D eigenvalue weighted by Gasteiger charge is 2.06. The maximum absolute atomic E-state index is 10.1. The summed E-state index contributed by atoms with van der Waals surface area (Å²) < 4.78 is 5.56. The van der Waals surface area contributed by atoms with E-state index in [2.05, 4.69) is 18.5 Å². The van der Waals surface area contributed by atoms with Crippen LogP contribution < -0.4 is 10.1 Å². The Hall–Kier alpha value is -2.36. The topological polar surface area (TPSA) is 41.5 Å². The van der Waals surface area contributed by atoms with E-state index in [4.69, 9.17) is 4.74 Å². The van der Waals surface area contributed by atoms with Crippen LogP contribution in [0.1, 0.15) is 22.8 Å². The summed E-state index contributed by atoms with van der Waals surface area (Å²) in [6, 6.07) is 15.3. The number of hydrogen-bond acceptors (Lipinski definition) is 3. The van der Waals surface area contributed by atoms with Gasteiger partial charge in [-0.15, -0.1) is 0 Å². The zero-order valence-corrected chi connectivity index (χ0v) is 12.5. The van der Waals surface area contributed by atoms with Gasteiger partial charge in [0, 0.05) is 6.54 Å². The van der Waals surface area contributed by atoms with Crippen molar-refractivity contribution in [1.29, 1.82) is 0 Å². The van der Waals surface area contributed by atoms with E-state index in [-0.39, 0.29) is 0 Å². The van der Waals surface area contributed by atoms with Gasteiger partial charge in [-0.05, 0) is 28.8 Å². The van der Waals surface area contributed by atoms with Crippen LogP contribution in [0.5, 0.6) is 5.75 Å². The lowest BCUT2D eigenvalue weighted by Crippen LogP contribution is -2.25. The molecule has 0 aliphatic carbocycles. The molecule has 0 aliphatic rings. The molecule has 1 unspecified atom stereocenters. The molecule has 0 aliphatic heterocycles. The first-order valence-electron chi connectivity index (χ1n) is 7.19. The van der Waals surface area contributed by atoms with E-state index in [9.17, 15) is 5.11 Å². The molecule has 0 saturated heterocycles. The summed E-state index contributed by atoms with van der Waals surface area (Å²) in [7, 11) is 0. The minimum absolute atomic E-state index is 0.342. The maximum atomic E-state index is 10.1. The van der Waals surface area contributed by atoms with Gasteiger partial charge in [0.2, 0.25) is 0 Å². The number of hydrogen-bond donors (Lipinski definition) is 2. The van der Waals surface area contributed by atoms with Crippen molar-refractivity contribution in [2.45, 2.75) is 6.10 Å². The van der Waals surface area contributed by atoms with Gasteiger partial charge in [0.15, 0.2) is 0 Å². The molecule has 1 atom stereocenters. The van der Waals surface area contributed by atoms with E-state index in [0.717, 1.165) is 22.4 Å². The second kappa shape index (κ2) is 8.17. The van der Waals surface area contributed by atoms with Gasteiger partial charge in [0.25, 0.3) is 0 Å². The first-order chi connectivity index (χ1) is 10.7. The standard InChI is InChI=1S/C19H21NO2/c1-3-15-5-9-17(10-6-15)19(21)13-20-14-22-18-11-7-16(4-2)8-12-18/h3-12,19-21H,1-2,13-14H2. The monoisotopic (exact) mass is 295 g/mol. The van der Waals surface area contributed by atoms with Gasteiger partial charge in [-0.25, -0.2) is 0 Å². The lowest BCUT2D eigenvalue weighted by Gasteiger charge is -2.13. The number of aliphatic hydroxyl groups is 1. The first-order valence-corrected chi connectivity index (χ1v) is 7.19. The molecule has 0 spiro atoms. The van der Waals surface area contributed by atoms with E-state index in [1.807, 2.05) is 48.5 Å². The van der Waals surface area contributed by atoms with Crippen molar-refractivity contribution < 1.29 is 9.84 Å². The third kappa shape index (κ3) is 4.58. The number of benzene rings is 2. The Morgan fingerprint density at radius 3 is 2.05 bits per heavy atom. The summed E-state index contributed by atoms with van der Waals surface area (Å²) in [6.07, 6.45) is 3.00. The molecule has 2 N–H and O–H groups in total. The van der Waals surface area contributed by atoms with Crippen LogP contribution in [-0.2, 0) is 0 Å². The van der Waals surface area contributed by atoms with Crippen LogP contribution in [-0.4, -0.2) is 18.4 Å². The maximum Gasteiger partial charge on any atom is 0.139 e. The normalized spacial score (nSPS) is 11.7. The third-order valence-corrected chi connectivity index (χ3v) is 3.35. The van der Waals surface area contributed by atoms with Crippen molar-refractivity contribution in [3.05, 3.63) is 78.4 Å². The van der Waals surface area contributed by atoms with Gasteiger partial charge in [0.05, 0.1) is 6.10 Å². The molecule has 3 nitrogen and oxygen atoms in total. The summed E-state index contributed by atoms with van der Waals surface area (Å²) in [4.78, 5) is 0. The summed E-state index contributed by atoms with van der Waals surface area (Å²) in [5, 5.41) is 13.2. The average Bonchev–Trinajstić information content (AvgIpc) is 2.59. The molecule has 0 fully saturated rings. The average molecular weight is 295 g/mol. The Morgan fingerprint density at radius 1 is 0.955 bits per heavy atom. The molecule has 3 heteroatoms. The molecule has 0 saturated carbocycles. The van der Waals surface area contributed by atoms with Crippen LogP contribution in [0.3, 0.4) is 0 Å². The Balaban J connectivity index is 1.74. The predicted molar refractivity (Wildman–Crippen MR) is 91.5 cm³/mol.